The summed E-state index contributed by atoms with van der Waals surface area (Å²) in [6.45, 7) is 5.75. The van der Waals surface area contributed by atoms with Crippen LogP contribution in [0.25, 0.3) is 0 Å². The molecule has 4 heteroatoms. The fourth-order valence-corrected chi connectivity index (χ4v) is 8.93. The molecule has 0 bridgehead atoms. The number of benzene rings is 1. The number of hydrogen-bond acceptors (Lipinski definition) is 2. The van der Waals surface area contributed by atoms with Crippen molar-refractivity contribution in [3.63, 3.8) is 0 Å². The van der Waals surface area contributed by atoms with Crippen LogP contribution >= 0.6 is 19.8 Å². The topological polar surface area (TPSA) is 26.3 Å². The van der Waals surface area contributed by atoms with Crippen molar-refractivity contribution in [3.8, 4) is 5.75 Å². The predicted molar refractivity (Wildman–Crippen MR) is 78.6 cm³/mol. The van der Waals surface area contributed by atoms with Gasteiger partial charge >= 0.3 is 127 Å². The normalized spacial score (nSPS) is 21.3. The number of carbonyl (C=O) groups is 1. The molecule has 1 saturated heterocycles. The summed E-state index contributed by atoms with van der Waals surface area (Å²) in [6, 6.07) is 8.24. The van der Waals surface area contributed by atoms with E-state index in [1.54, 1.807) is 0 Å². The molecule has 0 unspecified atom stereocenters. The van der Waals surface area contributed by atoms with Crippen molar-refractivity contribution in [1.82, 2.24) is 0 Å². The van der Waals surface area contributed by atoms with Gasteiger partial charge in [0.25, 0.3) is 0 Å². The summed E-state index contributed by atoms with van der Waals surface area (Å²) in [5.74, 6) is 1.25. The van der Waals surface area contributed by atoms with Crippen molar-refractivity contribution in [1.29, 1.82) is 0 Å². The molecule has 1 aromatic carbocycles. The van der Waals surface area contributed by atoms with Crippen molar-refractivity contribution in [2.75, 3.05) is 4.43 Å². The average molecular weight is 471 g/mol. The molecule has 1 fully saturated rings. The van der Waals surface area contributed by atoms with E-state index in [9.17, 15) is 4.79 Å². The Morgan fingerprint density at radius 2 is 2.22 bits per heavy atom. The van der Waals surface area contributed by atoms with Crippen LogP contribution in [0, 0.1) is 5.92 Å². The van der Waals surface area contributed by atoms with Crippen LogP contribution in [-0.2, 0) is 9.22 Å². The number of hydrogen-bond donors (Lipinski definition) is 0. The molecule has 1 aliphatic heterocycles. The number of carbonyl (C=O) groups excluding carboxylic acids is 1. The number of halogens is 2. The molecule has 0 aliphatic carbocycles. The van der Waals surface area contributed by atoms with E-state index in [4.69, 9.17) is 3.07 Å². The van der Waals surface area contributed by atoms with Crippen LogP contribution in [0.3, 0.4) is 0 Å². The Bertz CT molecular complexity index is 428. The second-order valence-corrected chi connectivity index (χ2v) is 11.6. The molecule has 0 spiro atoms. The zero-order valence-corrected chi connectivity index (χ0v) is 14.7. The van der Waals surface area contributed by atoms with Gasteiger partial charge in [-0.25, -0.2) is 0 Å². The van der Waals surface area contributed by atoms with Crippen molar-refractivity contribution in [2.24, 2.45) is 5.92 Å². The van der Waals surface area contributed by atoms with Crippen LogP contribution in [-0.4, -0.2) is 8.22 Å². The van der Waals surface area contributed by atoms with Crippen molar-refractivity contribution >= 4 is 23.6 Å². The third-order valence-electron chi connectivity index (χ3n) is 2.86. The summed E-state index contributed by atoms with van der Waals surface area (Å²) in [7, 11) is 0. The summed E-state index contributed by atoms with van der Waals surface area (Å²) >= 11 is -1.74. The fraction of sp³-hybridized carbons (Fsp3) is 0.357. The number of rotatable bonds is 5. The second-order valence-electron chi connectivity index (χ2n) is 4.24. The van der Waals surface area contributed by atoms with E-state index in [2.05, 4.69) is 25.6 Å². The summed E-state index contributed by atoms with van der Waals surface area (Å²) in [6.07, 6.45) is 1.12. The van der Waals surface area contributed by atoms with E-state index in [0.717, 1.165) is 16.6 Å². The molecule has 0 saturated carbocycles. The molecular formula is C14H17I2O2-. The summed E-state index contributed by atoms with van der Waals surface area (Å²) < 4.78 is 10.2. The minimum atomic E-state index is -1.37. The molecule has 2 rings (SSSR count). The van der Waals surface area contributed by atoms with Gasteiger partial charge in [-0.2, -0.15) is 0 Å². The molecule has 0 N–H and O–H groups in total. The Balaban J connectivity index is 1.94. The van der Waals surface area contributed by atoms with E-state index in [0.29, 0.717) is 9.71 Å². The van der Waals surface area contributed by atoms with Gasteiger partial charge in [0.05, 0.1) is 0 Å². The molecule has 100 valence electrons. The van der Waals surface area contributed by atoms with Crippen LogP contribution in [0.5, 0.6) is 5.75 Å². The van der Waals surface area contributed by atoms with E-state index < -0.39 is 19.8 Å². The Morgan fingerprint density at radius 1 is 1.50 bits per heavy atom. The van der Waals surface area contributed by atoms with Gasteiger partial charge in [-0.1, -0.05) is 0 Å². The molecule has 1 aliphatic rings. The van der Waals surface area contributed by atoms with Crippen molar-refractivity contribution in [3.05, 3.63) is 40.5 Å². The molecule has 1 heterocycles. The van der Waals surface area contributed by atoms with Gasteiger partial charge in [0.2, 0.25) is 0 Å². The van der Waals surface area contributed by atoms with Gasteiger partial charge in [-0.15, -0.1) is 0 Å². The first-order chi connectivity index (χ1) is 8.70. The number of alkyl halides is 2. The first kappa shape index (κ1) is 14.3. The zero-order chi connectivity index (χ0) is 13.0. The second kappa shape index (κ2) is 6.88. The molecule has 0 aromatic heterocycles. The Kier molecular flexibility index (Phi) is 5.47. The van der Waals surface area contributed by atoms with Crippen LogP contribution in [0.4, 0.5) is 0 Å². The first-order valence-corrected chi connectivity index (χ1v) is 12.1. The molecular weight excluding hydrogens is 454 g/mol. The average Bonchev–Trinajstić information content (AvgIpc) is 2.70. The minimum absolute atomic E-state index is 0.329. The fourth-order valence-electron chi connectivity index (χ4n) is 1.80. The summed E-state index contributed by atoms with van der Waals surface area (Å²) in [5, 5.41) is 0. The first-order valence-electron chi connectivity index (χ1n) is 5.86. The maximum atomic E-state index is 12.0. The van der Waals surface area contributed by atoms with Crippen LogP contribution in [0.2, 0.25) is 0 Å². The van der Waals surface area contributed by atoms with Crippen LogP contribution in [0.15, 0.2) is 34.9 Å². The summed E-state index contributed by atoms with van der Waals surface area (Å²) in [5.41, 5.74) is 1.30. The Labute approximate surface area is 126 Å². The third-order valence-corrected chi connectivity index (χ3v) is 10.3. The van der Waals surface area contributed by atoms with Gasteiger partial charge in [0.1, 0.15) is 0 Å². The zero-order valence-electron chi connectivity index (χ0n) is 10.4. The SMILES string of the molecule is C=C[I-]Oc1ccc(CI2CC[C@@H](C)C2=O)cc1. The monoisotopic (exact) mass is 471 g/mol. The van der Waals surface area contributed by atoms with E-state index in [1.165, 1.54) is 9.99 Å². The van der Waals surface area contributed by atoms with E-state index in [1.807, 2.05) is 16.2 Å². The van der Waals surface area contributed by atoms with Gasteiger partial charge < -0.3 is 0 Å². The molecule has 0 radical (unpaired) electrons. The molecule has 18 heavy (non-hydrogen) atoms. The molecule has 1 atom stereocenters. The molecule has 2 nitrogen and oxygen atoms in total. The van der Waals surface area contributed by atoms with Gasteiger partial charge in [-0.05, 0) is 0 Å². The van der Waals surface area contributed by atoms with E-state index in [-0.39, 0.29) is 21.6 Å². The third kappa shape index (κ3) is 3.69. The van der Waals surface area contributed by atoms with Crippen LogP contribution < -0.4 is 24.7 Å². The van der Waals surface area contributed by atoms with Crippen LogP contribution in [0.1, 0.15) is 18.9 Å². The molecule has 1 aromatic rings. The van der Waals surface area contributed by atoms with Gasteiger partial charge in [0.15, 0.2) is 0 Å². The quantitative estimate of drug-likeness (QED) is 0.361. The van der Waals surface area contributed by atoms with Gasteiger partial charge in [-0.3, -0.25) is 0 Å². The van der Waals surface area contributed by atoms with E-state index >= 15 is 0 Å². The van der Waals surface area contributed by atoms with Crippen molar-refractivity contribution < 1.29 is 29.5 Å². The predicted octanol–water partition coefficient (Wildman–Crippen LogP) is 0.786. The Hall–Kier alpha value is -0.110. The van der Waals surface area contributed by atoms with Crippen molar-refractivity contribution in [2.45, 2.75) is 17.8 Å². The van der Waals surface area contributed by atoms with Gasteiger partial charge in [0, 0.05) is 0 Å². The standard InChI is InChI=1S/C14H17I2O2/c1-3-15-18-13-6-4-12(5-7-13)10-16-9-8-11(2)14(16)17/h3-7,11H,1,8-10H2,2H3/q-1/t11-/m1/s1. The summed E-state index contributed by atoms with van der Waals surface area (Å²) in [4.78, 5) is 12.0. The Morgan fingerprint density at radius 3 is 2.78 bits per heavy atom. The molecule has 0 amide bonds. The maximum absolute atomic E-state index is 12.0.